The van der Waals surface area contributed by atoms with Gasteiger partial charge in [0, 0.05) is 11.6 Å². The summed E-state index contributed by atoms with van der Waals surface area (Å²) in [6, 6.07) is 13.5. The number of ether oxygens (including phenoxy) is 2. The predicted octanol–water partition coefficient (Wildman–Crippen LogP) is 2.43. The molecule has 2 aromatic carbocycles. The maximum Gasteiger partial charge on any atom is 0.267 e. The quantitative estimate of drug-likeness (QED) is 0.631. The second-order valence-electron chi connectivity index (χ2n) is 6.02. The third-order valence-corrected chi connectivity index (χ3v) is 3.82. The number of rotatable bonds is 7. The highest BCUT2D eigenvalue weighted by molar-refractivity contribution is 5.91. The van der Waals surface area contributed by atoms with Gasteiger partial charge >= 0.3 is 0 Å². The highest BCUT2D eigenvalue weighted by Crippen LogP contribution is 2.26. The van der Waals surface area contributed by atoms with Crippen molar-refractivity contribution >= 4 is 11.8 Å². The van der Waals surface area contributed by atoms with Gasteiger partial charge in [0.2, 0.25) is 5.88 Å². The zero-order valence-corrected chi connectivity index (χ0v) is 15.3. The molecular formula is C20H17FN4O4. The molecule has 0 saturated carbocycles. The number of hydrogen-bond acceptors (Lipinski definition) is 6. The molecule has 0 saturated heterocycles. The molecule has 2 amide bonds. The van der Waals surface area contributed by atoms with E-state index in [1.807, 2.05) is 0 Å². The summed E-state index contributed by atoms with van der Waals surface area (Å²) >= 11 is 0. The molecule has 9 heteroatoms. The number of halogens is 1. The lowest BCUT2D eigenvalue weighted by atomic mass is 10.2. The van der Waals surface area contributed by atoms with Gasteiger partial charge in [0.25, 0.3) is 11.8 Å². The molecule has 0 bridgehead atoms. The number of benzene rings is 2. The van der Waals surface area contributed by atoms with Crippen molar-refractivity contribution in [2.45, 2.75) is 13.0 Å². The minimum atomic E-state index is -0.954. The topological polar surface area (TPSA) is 130 Å². The van der Waals surface area contributed by atoms with Crippen LogP contribution in [0.3, 0.4) is 0 Å². The summed E-state index contributed by atoms with van der Waals surface area (Å²) in [6.45, 7) is 1.45. The summed E-state index contributed by atoms with van der Waals surface area (Å²) in [5, 5.41) is 0. The Morgan fingerprint density at radius 2 is 1.55 bits per heavy atom. The number of carbonyl (C=O) groups excluding carboxylic acids is 2. The van der Waals surface area contributed by atoms with E-state index in [0.717, 1.165) is 0 Å². The van der Waals surface area contributed by atoms with E-state index < -0.39 is 17.9 Å². The van der Waals surface area contributed by atoms with Crippen molar-refractivity contribution in [2.24, 2.45) is 11.5 Å². The van der Waals surface area contributed by atoms with Crippen molar-refractivity contribution in [1.82, 2.24) is 9.97 Å². The van der Waals surface area contributed by atoms with Gasteiger partial charge in [0.15, 0.2) is 11.9 Å². The Kier molecular flexibility index (Phi) is 5.68. The normalized spacial score (nSPS) is 11.5. The fourth-order valence-electron chi connectivity index (χ4n) is 2.29. The molecule has 0 aliphatic carbocycles. The summed E-state index contributed by atoms with van der Waals surface area (Å²) in [5.41, 5.74) is 11.0. The standard InChI is InChI=1S/C20H17FN4O4/c1-11(18(22)26)28-17-10-16(19(23)27)24-20(25-17)12-2-6-14(7-3-12)29-15-8-4-13(21)5-9-15/h2-11H,1H3,(H2,22,26)(H2,23,27). The molecule has 8 nitrogen and oxygen atoms in total. The molecule has 0 aliphatic rings. The summed E-state index contributed by atoms with van der Waals surface area (Å²) in [5.74, 6) is -0.687. The van der Waals surface area contributed by atoms with Gasteiger partial charge in [-0.25, -0.2) is 9.37 Å². The lowest BCUT2D eigenvalue weighted by Crippen LogP contribution is -2.31. The highest BCUT2D eigenvalue weighted by atomic mass is 19.1. The van der Waals surface area contributed by atoms with Gasteiger partial charge in [-0.2, -0.15) is 4.98 Å². The summed E-state index contributed by atoms with van der Waals surface area (Å²) in [6.07, 6.45) is -0.954. The van der Waals surface area contributed by atoms with Gasteiger partial charge in [-0.3, -0.25) is 9.59 Å². The van der Waals surface area contributed by atoms with Gasteiger partial charge in [0.1, 0.15) is 23.0 Å². The molecule has 3 rings (SSSR count). The molecule has 148 valence electrons. The Morgan fingerprint density at radius 1 is 0.966 bits per heavy atom. The Labute approximate surface area is 165 Å². The number of nitrogens with two attached hydrogens (primary N) is 2. The molecular weight excluding hydrogens is 379 g/mol. The van der Waals surface area contributed by atoms with Crippen LogP contribution in [-0.2, 0) is 4.79 Å². The van der Waals surface area contributed by atoms with Crippen LogP contribution in [0.25, 0.3) is 11.4 Å². The Balaban J connectivity index is 1.86. The SMILES string of the molecule is CC(Oc1cc(C(N)=O)nc(-c2ccc(Oc3ccc(F)cc3)cc2)n1)C(N)=O. The first-order valence-corrected chi connectivity index (χ1v) is 8.50. The molecule has 0 fully saturated rings. The first-order valence-electron chi connectivity index (χ1n) is 8.50. The van der Waals surface area contributed by atoms with Crippen molar-refractivity contribution in [1.29, 1.82) is 0 Å². The first kappa shape index (κ1) is 19.7. The maximum absolute atomic E-state index is 13.0. The van der Waals surface area contributed by atoms with Crippen LogP contribution in [0.2, 0.25) is 0 Å². The average Bonchev–Trinajstić information content (AvgIpc) is 2.70. The van der Waals surface area contributed by atoms with Crippen LogP contribution >= 0.6 is 0 Å². The smallest absolute Gasteiger partial charge is 0.267 e. The van der Waals surface area contributed by atoms with E-state index in [9.17, 15) is 14.0 Å². The van der Waals surface area contributed by atoms with Crippen molar-refractivity contribution in [3.05, 3.63) is 66.1 Å². The van der Waals surface area contributed by atoms with Crippen LogP contribution < -0.4 is 20.9 Å². The predicted molar refractivity (Wildman–Crippen MR) is 102 cm³/mol. The largest absolute Gasteiger partial charge is 0.464 e. The number of primary amides is 2. The average molecular weight is 396 g/mol. The van der Waals surface area contributed by atoms with Gasteiger partial charge in [-0.1, -0.05) is 0 Å². The van der Waals surface area contributed by atoms with E-state index in [4.69, 9.17) is 20.9 Å². The molecule has 1 heterocycles. The summed E-state index contributed by atoms with van der Waals surface area (Å²) < 4.78 is 24.0. The van der Waals surface area contributed by atoms with E-state index in [-0.39, 0.29) is 23.2 Å². The fourth-order valence-corrected chi connectivity index (χ4v) is 2.29. The zero-order chi connectivity index (χ0) is 21.0. The number of nitrogens with zero attached hydrogens (tertiary/aromatic N) is 2. The zero-order valence-electron chi connectivity index (χ0n) is 15.3. The summed E-state index contributed by atoms with van der Waals surface area (Å²) in [4.78, 5) is 31.1. The Morgan fingerprint density at radius 3 is 2.10 bits per heavy atom. The molecule has 0 spiro atoms. The Bertz CT molecular complexity index is 1040. The highest BCUT2D eigenvalue weighted by Gasteiger charge is 2.16. The van der Waals surface area contributed by atoms with E-state index in [1.54, 1.807) is 24.3 Å². The van der Waals surface area contributed by atoms with E-state index >= 15 is 0 Å². The molecule has 4 N–H and O–H groups in total. The minimum Gasteiger partial charge on any atom is -0.464 e. The van der Waals surface area contributed by atoms with Gasteiger partial charge in [-0.15, -0.1) is 0 Å². The molecule has 29 heavy (non-hydrogen) atoms. The molecule has 1 atom stereocenters. The van der Waals surface area contributed by atoms with Crippen molar-refractivity contribution in [3.63, 3.8) is 0 Å². The third kappa shape index (κ3) is 5.04. The van der Waals surface area contributed by atoms with Crippen LogP contribution in [0.1, 0.15) is 17.4 Å². The second kappa shape index (κ2) is 8.34. The molecule has 1 unspecified atom stereocenters. The number of amides is 2. The third-order valence-electron chi connectivity index (χ3n) is 3.82. The summed E-state index contributed by atoms with van der Waals surface area (Å²) in [7, 11) is 0. The van der Waals surface area contributed by atoms with Crippen molar-refractivity contribution in [2.75, 3.05) is 0 Å². The molecule has 3 aromatic rings. The number of aromatic nitrogens is 2. The van der Waals surface area contributed by atoms with Crippen LogP contribution in [0.15, 0.2) is 54.6 Å². The lowest BCUT2D eigenvalue weighted by Gasteiger charge is -2.12. The minimum absolute atomic E-state index is 0.0123. The van der Waals surface area contributed by atoms with Crippen molar-refractivity contribution in [3.8, 4) is 28.8 Å². The fraction of sp³-hybridized carbons (Fsp3) is 0.100. The van der Waals surface area contributed by atoms with Gasteiger partial charge in [0.05, 0.1) is 0 Å². The molecule has 1 aromatic heterocycles. The molecule has 0 radical (unpaired) electrons. The van der Waals surface area contributed by atoms with Crippen LogP contribution in [-0.4, -0.2) is 27.9 Å². The van der Waals surface area contributed by atoms with Crippen LogP contribution in [0, 0.1) is 5.82 Å². The van der Waals surface area contributed by atoms with E-state index in [2.05, 4.69) is 9.97 Å². The maximum atomic E-state index is 13.0. The van der Waals surface area contributed by atoms with Crippen LogP contribution in [0.4, 0.5) is 4.39 Å². The number of carbonyl (C=O) groups is 2. The van der Waals surface area contributed by atoms with Crippen molar-refractivity contribution < 1.29 is 23.5 Å². The number of hydrogen-bond donors (Lipinski definition) is 2. The first-order chi connectivity index (χ1) is 13.8. The lowest BCUT2D eigenvalue weighted by molar-refractivity contribution is -0.124. The van der Waals surface area contributed by atoms with Gasteiger partial charge < -0.3 is 20.9 Å². The second-order valence-corrected chi connectivity index (χ2v) is 6.02. The van der Waals surface area contributed by atoms with E-state index in [0.29, 0.717) is 17.1 Å². The van der Waals surface area contributed by atoms with E-state index in [1.165, 1.54) is 37.3 Å². The molecule has 0 aliphatic heterocycles. The Hall–Kier alpha value is -4.01. The monoisotopic (exact) mass is 396 g/mol. The van der Waals surface area contributed by atoms with Crippen LogP contribution in [0.5, 0.6) is 17.4 Å². The van der Waals surface area contributed by atoms with Gasteiger partial charge in [-0.05, 0) is 55.5 Å².